The van der Waals surface area contributed by atoms with Crippen molar-refractivity contribution < 1.29 is 0 Å². The van der Waals surface area contributed by atoms with E-state index in [1.165, 1.54) is 0 Å². The van der Waals surface area contributed by atoms with E-state index in [1.54, 1.807) is 31.0 Å². The normalized spacial score (nSPS) is 17.4. The van der Waals surface area contributed by atoms with Gasteiger partial charge in [0.15, 0.2) is 5.82 Å². The zero-order valence-corrected chi connectivity index (χ0v) is 28.6. The Hall–Kier alpha value is -7.53. The number of nitrogens with one attached hydrogen (secondary N) is 2. The molecule has 0 saturated carbocycles. The Labute approximate surface area is 308 Å². The standard InChI is InChI=1S/C43H29N11/c1-3-11-29-27(9-1)18-25-45-41(29)43(35-15-7-24-49-54-35)39(33-17-16-28-10-2-4-12-30(28)51-33)38(42-46-21-8-22-47-42)36(32-19-26-50-52-32)37(31-13-5-20-44-31)40(43)34-14-6-23-48-53-34/h1-26,39,44H,(H,50,52). The molecule has 0 fully saturated rings. The lowest BCUT2D eigenvalue weighted by molar-refractivity contribution is 0.547. The Kier molecular flexibility index (Phi) is 7.46. The van der Waals surface area contributed by atoms with Crippen molar-refractivity contribution in [2.24, 2.45) is 0 Å². The summed E-state index contributed by atoms with van der Waals surface area (Å²) in [7, 11) is 0. The first-order valence-electron chi connectivity index (χ1n) is 17.5. The highest BCUT2D eigenvalue weighted by Crippen LogP contribution is 2.64. The van der Waals surface area contributed by atoms with Crippen molar-refractivity contribution >= 4 is 44.0 Å². The fourth-order valence-corrected chi connectivity index (χ4v) is 8.05. The predicted molar refractivity (Wildman–Crippen MR) is 206 cm³/mol. The maximum absolute atomic E-state index is 5.47. The van der Waals surface area contributed by atoms with E-state index in [4.69, 9.17) is 30.1 Å². The summed E-state index contributed by atoms with van der Waals surface area (Å²) in [6, 6.07) is 38.3. The largest absolute Gasteiger partial charge is 0.361 e. The molecule has 11 nitrogen and oxygen atoms in total. The molecule has 54 heavy (non-hydrogen) atoms. The summed E-state index contributed by atoms with van der Waals surface area (Å²) in [5, 5.41) is 29.6. The van der Waals surface area contributed by atoms with Crippen LogP contribution < -0.4 is 0 Å². The number of hydrogen-bond acceptors (Lipinski definition) is 9. The van der Waals surface area contributed by atoms with Crippen LogP contribution in [0, 0.1) is 0 Å². The zero-order chi connectivity index (χ0) is 35.9. The Balaban J connectivity index is 1.52. The van der Waals surface area contributed by atoms with Crippen LogP contribution in [0.1, 0.15) is 45.9 Å². The monoisotopic (exact) mass is 699 g/mol. The molecule has 0 amide bonds. The number of pyridine rings is 2. The van der Waals surface area contributed by atoms with Crippen LogP contribution in [0.25, 0.3) is 44.0 Å². The van der Waals surface area contributed by atoms with Gasteiger partial charge in [0.05, 0.1) is 45.3 Å². The Morgan fingerprint density at radius 3 is 2.19 bits per heavy atom. The summed E-state index contributed by atoms with van der Waals surface area (Å²) >= 11 is 0. The van der Waals surface area contributed by atoms with Gasteiger partial charge in [-0.1, -0.05) is 48.5 Å². The van der Waals surface area contributed by atoms with Crippen LogP contribution in [-0.4, -0.2) is 55.5 Å². The second kappa shape index (κ2) is 12.9. The number of hydrogen-bond donors (Lipinski definition) is 2. The van der Waals surface area contributed by atoms with E-state index in [0.717, 1.165) is 66.7 Å². The van der Waals surface area contributed by atoms with E-state index in [2.05, 4.69) is 61.8 Å². The number of H-pyrrole nitrogens is 2. The second-order valence-electron chi connectivity index (χ2n) is 12.9. The number of nitrogens with zero attached hydrogens (tertiary/aromatic N) is 9. The number of para-hydroxylation sites is 1. The van der Waals surface area contributed by atoms with Crippen molar-refractivity contribution in [3.05, 3.63) is 199 Å². The first-order chi connectivity index (χ1) is 26.8. The van der Waals surface area contributed by atoms with Crippen molar-refractivity contribution in [1.29, 1.82) is 0 Å². The van der Waals surface area contributed by atoms with Gasteiger partial charge < -0.3 is 4.98 Å². The first kappa shape index (κ1) is 31.2. The van der Waals surface area contributed by atoms with Gasteiger partial charge in [0.2, 0.25) is 0 Å². The number of rotatable bonds is 7. The van der Waals surface area contributed by atoms with Crippen LogP contribution in [0.15, 0.2) is 159 Å². The Morgan fingerprint density at radius 2 is 1.41 bits per heavy atom. The van der Waals surface area contributed by atoms with Crippen LogP contribution in [-0.2, 0) is 5.41 Å². The third kappa shape index (κ3) is 4.86. The van der Waals surface area contributed by atoms with Crippen LogP contribution in [0.4, 0.5) is 0 Å². The predicted octanol–water partition coefficient (Wildman–Crippen LogP) is 7.51. The molecule has 10 rings (SSSR count). The van der Waals surface area contributed by atoms with Crippen LogP contribution >= 0.6 is 0 Å². The smallest absolute Gasteiger partial charge is 0.156 e. The lowest BCUT2D eigenvalue weighted by Gasteiger charge is -2.47. The van der Waals surface area contributed by atoms with E-state index in [1.807, 2.05) is 91.3 Å². The number of fused-ring (bicyclic) bond motifs is 2. The molecule has 0 spiro atoms. The molecule has 0 saturated heterocycles. The summed E-state index contributed by atoms with van der Waals surface area (Å²) in [5.74, 6) is -0.161. The lowest BCUT2D eigenvalue weighted by atomic mass is 9.54. The van der Waals surface area contributed by atoms with Gasteiger partial charge in [0, 0.05) is 82.1 Å². The van der Waals surface area contributed by atoms with Crippen LogP contribution in [0.5, 0.6) is 0 Å². The minimum Gasteiger partial charge on any atom is -0.361 e. The molecule has 2 aromatic carbocycles. The summed E-state index contributed by atoms with van der Waals surface area (Å²) in [4.78, 5) is 24.3. The van der Waals surface area contributed by atoms with Gasteiger partial charge >= 0.3 is 0 Å². The molecule has 2 atom stereocenters. The van der Waals surface area contributed by atoms with Gasteiger partial charge in [-0.15, -0.1) is 0 Å². The molecule has 1 aliphatic carbocycles. The number of aromatic nitrogens is 11. The van der Waals surface area contributed by atoms with Gasteiger partial charge in [0.1, 0.15) is 0 Å². The van der Waals surface area contributed by atoms with Gasteiger partial charge in [-0.3, -0.25) is 15.1 Å². The fourth-order valence-electron chi connectivity index (χ4n) is 8.05. The molecule has 0 bridgehead atoms. The van der Waals surface area contributed by atoms with Crippen molar-refractivity contribution in [3.8, 4) is 0 Å². The third-order valence-electron chi connectivity index (χ3n) is 10.1. The molecule has 11 heteroatoms. The highest BCUT2D eigenvalue weighted by atomic mass is 15.1. The van der Waals surface area contributed by atoms with Gasteiger partial charge in [0.25, 0.3) is 0 Å². The van der Waals surface area contributed by atoms with Crippen LogP contribution in [0.2, 0.25) is 0 Å². The van der Waals surface area contributed by atoms with Crippen LogP contribution in [0.3, 0.4) is 0 Å². The van der Waals surface area contributed by atoms with E-state index in [0.29, 0.717) is 17.2 Å². The Morgan fingerprint density at radius 1 is 0.574 bits per heavy atom. The zero-order valence-electron chi connectivity index (χ0n) is 28.6. The molecular weight excluding hydrogens is 671 g/mol. The average Bonchev–Trinajstić information content (AvgIpc) is 3.99. The van der Waals surface area contributed by atoms with E-state index < -0.39 is 11.3 Å². The molecule has 2 N–H and O–H groups in total. The second-order valence-corrected chi connectivity index (χ2v) is 12.9. The first-order valence-corrected chi connectivity index (χ1v) is 17.5. The number of benzene rings is 2. The Bertz CT molecular complexity index is 2810. The van der Waals surface area contributed by atoms with Crippen molar-refractivity contribution in [1.82, 2.24) is 55.5 Å². The summed E-state index contributed by atoms with van der Waals surface area (Å²) in [6.45, 7) is 0. The van der Waals surface area contributed by atoms with Crippen molar-refractivity contribution in [3.63, 3.8) is 0 Å². The maximum atomic E-state index is 5.47. The van der Waals surface area contributed by atoms with Gasteiger partial charge in [-0.25, -0.2) is 9.97 Å². The summed E-state index contributed by atoms with van der Waals surface area (Å²) in [5.41, 5.74) is 7.12. The number of allylic oxidation sites excluding steroid dienone is 4. The molecule has 7 aromatic heterocycles. The van der Waals surface area contributed by atoms with Crippen molar-refractivity contribution in [2.45, 2.75) is 11.3 Å². The maximum Gasteiger partial charge on any atom is 0.156 e. The van der Waals surface area contributed by atoms with E-state index >= 15 is 0 Å². The van der Waals surface area contributed by atoms with Crippen molar-refractivity contribution in [2.75, 3.05) is 0 Å². The molecular formula is C43H29N11. The minimum atomic E-state index is -1.28. The molecule has 1 aliphatic rings. The van der Waals surface area contributed by atoms with Gasteiger partial charge in [-0.2, -0.15) is 25.5 Å². The molecule has 9 aromatic rings. The molecule has 0 radical (unpaired) electrons. The average molecular weight is 700 g/mol. The molecule has 256 valence electrons. The molecule has 7 heterocycles. The van der Waals surface area contributed by atoms with E-state index in [9.17, 15) is 0 Å². The third-order valence-corrected chi connectivity index (χ3v) is 10.1. The van der Waals surface area contributed by atoms with Gasteiger partial charge in [-0.05, 0) is 72.1 Å². The highest BCUT2D eigenvalue weighted by Gasteiger charge is 2.58. The molecule has 2 unspecified atom stereocenters. The SMILES string of the molecule is c1cnc(C2=C(c3ccn[nH]3)C(c3ccc[nH]3)=C(c3cccnn3)C(c3cccnn3)(c3nccc4ccccc34)C2c2ccc3ccccc3n2)nc1. The topological polar surface area (TPSA) is 148 Å². The highest BCUT2D eigenvalue weighted by molar-refractivity contribution is 6.25. The summed E-state index contributed by atoms with van der Waals surface area (Å²) < 4.78 is 0. The summed E-state index contributed by atoms with van der Waals surface area (Å²) in [6.07, 6.45) is 12.4. The quantitative estimate of drug-likeness (QED) is 0.172. The van der Waals surface area contributed by atoms with E-state index in [-0.39, 0.29) is 0 Å². The number of aromatic amines is 2. The molecule has 0 aliphatic heterocycles. The lowest BCUT2D eigenvalue weighted by Crippen LogP contribution is -2.43. The minimum absolute atomic E-state index is 0.512. The fraction of sp³-hybridized carbons (Fsp3) is 0.0465.